The SMILES string of the molecule is CC(C)C1(C)NCCCO1. The molecule has 0 saturated carbocycles. The van der Waals surface area contributed by atoms with Gasteiger partial charge in [-0.3, -0.25) is 5.32 Å². The highest BCUT2D eigenvalue weighted by atomic mass is 16.5. The normalized spacial score (nSPS) is 34.8. The zero-order chi connectivity index (χ0) is 7.61. The molecule has 0 spiro atoms. The van der Waals surface area contributed by atoms with Crippen LogP contribution in [-0.2, 0) is 4.74 Å². The van der Waals surface area contributed by atoms with Crippen LogP contribution in [0.15, 0.2) is 0 Å². The average molecular weight is 143 g/mol. The van der Waals surface area contributed by atoms with E-state index in [0.717, 1.165) is 19.6 Å². The summed E-state index contributed by atoms with van der Waals surface area (Å²) in [5, 5.41) is 3.37. The van der Waals surface area contributed by atoms with Gasteiger partial charge in [-0.15, -0.1) is 0 Å². The molecule has 1 heterocycles. The quantitative estimate of drug-likeness (QED) is 0.598. The van der Waals surface area contributed by atoms with E-state index in [2.05, 4.69) is 26.1 Å². The van der Waals surface area contributed by atoms with Crippen LogP contribution in [-0.4, -0.2) is 18.9 Å². The monoisotopic (exact) mass is 143 g/mol. The van der Waals surface area contributed by atoms with Gasteiger partial charge in [0.15, 0.2) is 0 Å². The summed E-state index contributed by atoms with van der Waals surface area (Å²) in [6.07, 6.45) is 1.14. The molecule has 0 aliphatic carbocycles. The molecular formula is C8H17NO. The zero-order valence-electron chi connectivity index (χ0n) is 7.11. The van der Waals surface area contributed by atoms with Crippen LogP contribution in [0.2, 0.25) is 0 Å². The van der Waals surface area contributed by atoms with Crippen molar-refractivity contribution in [3.63, 3.8) is 0 Å². The van der Waals surface area contributed by atoms with Gasteiger partial charge in [0.25, 0.3) is 0 Å². The minimum Gasteiger partial charge on any atom is -0.361 e. The third-order valence-corrected chi connectivity index (χ3v) is 2.30. The summed E-state index contributed by atoms with van der Waals surface area (Å²) < 4.78 is 5.62. The van der Waals surface area contributed by atoms with Crippen molar-refractivity contribution in [1.29, 1.82) is 0 Å². The van der Waals surface area contributed by atoms with E-state index in [9.17, 15) is 0 Å². The highest BCUT2D eigenvalue weighted by molar-refractivity contribution is 4.78. The van der Waals surface area contributed by atoms with E-state index in [1.54, 1.807) is 0 Å². The lowest BCUT2D eigenvalue weighted by molar-refractivity contribution is -0.111. The second kappa shape index (κ2) is 2.89. The van der Waals surface area contributed by atoms with Crippen molar-refractivity contribution < 1.29 is 4.74 Å². The van der Waals surface area contributed by atoms with E-state index in [1.807, 2.05) is 0 Å². The average Bonchev–Trinajstić information content (AvgIpc) is 1.89. The van der Waals surface area contributed by atoms with Gasteiger partial charge in [-0.25, -0.2) is 0 Å². The van der Waals surface area contributed by atoms with Gasteiger partial charge in [-0.05, 0) is 25.8 Å². The van der Waals surface area contributed by atoms with Crippen molar-refractivity contribution in [2.75, 3.05) is 13.2 Å². The molecule has 1 atom stereocenters. The molecule has 60 valence electrons. The Hall–Kier alpha value is -0.0800. The summed E-state index contributed by atoms with van der Waals surface area (Å²) in [7, 11) is 0. The summed E-state index contributed by atoms with van der Waals surface area (Å²) in [5.74, 6) is 0.549. The first kappa shape index (κ1) is 8.02. The van der Waals surface area contributed by atoms with E-state index in [1.165, 1.54) is 0 Å². The molecule has 1 aliphatic rings. The lowest BCUT2D eigenvalue weighted by Crippen LogP contribution is -2.53. The fraction of sp³-hybridized carbons (Fsp3) is 1.00. The standard InChI is InChI=1S/C8H17NO/c1-7(2)8(3)9-5-4-6-10-8/h7,9H,4-6H2,1-3H3. The fourth-order valence-electron chi connectivity index (χ4n) is 1.11. The predicted molar refractivity (Wildman–Crippen MR) is 41.8 cm³/mol. The molecule has 0 bridgehead atoms. The molecular weight excluding hydrogens is 126 g/mol. The Morgan fingerprint density at radius 3 is 2.50 bits per heavy atom. The van der Waals surface area contributed by atoms with Crippen LogP contribution in [0.3, 0.4) is 0 Å². The molecule has 0 aromatic heterocycles. The maximum absolute atomic E-state index is 5.62. The molecule has 1 N–H and O–H groups in total. The predicted octanol–water partition coefficient (Wildman–Crippen LogP) is 1.37. The van der Waals surface area contributed by atoms with Crippen LogP contribution in [0.4, 0.5) is 0 Å². The molecule has 0 amide bonds. The Balaban J connectivity index is 2.48. The summed E-state index contributed by atoms with van der Waals surface area (Å²) >= 11 is 0. The van der Waals surface area contributed by atoms with E-state index in [-0.39, 0.29) is 5.72 Å². The van der Waals surface area contributed by atoms with Crippen LogP contribution < -0.4 is 5.32 Å². The molecule has 0 aromatic carbocycles. The summed E-state index contributed by atoms with van der Waals surface area (Å²) in [6.45, 7) is 8.48. The minimum atomic E-state index is -0.0712. The van der Waals surface area contributed by atoms with Gasteiger partial charge < -0.3 is 4.74 Å². The number of ether oxygens (including phenoxy) is 1. The van der Waals surface area contributed by atoms with Crippen molar-refractivity contribution in [3.05, 3.63) is 0 Å². The summed E-state index contributed by atoms with van der Waals surface area (Å²) in [4.78, 5) is 0. The highest BCUT2D eigenvalue weighted by Gasteiger charge is 2.30. The molecule has 0 aromatic rings. The Morgan fingerprint density at radius 2 is 2.20 bits per heavy atom. The van der Waals surface area contributed by atoms with Crippen molar-refractivity contribution in [3.8, 4) is 0 Å². The Morgan fingerprint density at radius 1 is 1.50 bits per heavy atom. The van der Waals surface area contributed by atoms with E-state index in [0.29, 0.717) is 5.92 Å². The van der Waals surface area contributed by atoms with Crippen LogP contribution in [0.5, 0.6) is 0 Å². The molecule has 1 rings (SSSR count). The Kier molecular flexibility index (Phi) is 2.32. The topological polar surface area (TPSA) is 21.3 Å². The van der Waals surface area contributed by atoms with Crippen LogP contribution >= 0.6 is 0 Å². The number of hydrogen-bond donors (Lipinski definition) is 1. The molecule has 1 unspecified atom stereocenters. The van der Waals surface area contributed by atoms with Crippen LogP contribution in [0.1, 0.15) is 27.2 Å². The number of hydrogen-bond acceptors (Lipinski definition) is 2. The van der Waals surface area contributed by atoms with Gasteiger partial charge in [-0.1, -0.05) is 13.8 Å². The fourth-order valence-corrected chi connectivity index (χ4v) is 1.11. The third-order valence-electron chi connectivity index (χ3n) is 2.30. The first-order valence-electron chi connectivity index (χ1n) is 4.04. The Bertz CT molecular complexity index is 106. The lowest BCUT2D eigenvalue weighted by atomic mass is 10.0. The van der Waals surface area contributed by atoms with E-state index < -0.39 is 0 Å². The second-order valence-corrected chi connectivity index (χ2v) is 3.39. The van der Waals surface area contributed by atoms with E-state index in [4.69, 9.17) is 4.74 Å². The third kappa shape index (κ3) is 1.50. The van der Waals surface area contributed by atoms with Gasteiger partial charge in [0.05, 0.1) is 6.61 Å². The zero-order valence-corrected chi connectivity index (χ0v) is 7.11. The van der Waals surface area contributed by atoms with Gasteiger partial charge in [0.1, 0.15) is 5.72 Å². The maximum Gasteiger partial charge on any atom is 0.118 e. The van der Waals surface area contributed by atoms with Gasteiger partial charge >= 0.3 is 0 Å². The molecule has 1 aliphatic heterocycles. The smallest absolute Gasteiger partial charge is 0.118 e. The first-order valence-corrected chi connectivity index (χ1v) is 4.04. The van der Waals surface area contributed by atoms with Crippen LogP contribution in [0.25, 0.3) is 0 Å². The number of rotatable bonds is 1. The lowest BCUT2D eigenvalue weighted by Gasteiger charge is -2.38. The van der Waals surface area contributed by atoms with Crippen LogP contribution in [0, 0.1) is 5.92 Å². The van der Waals surface area contributed by atoms with Crippen molar-refractivity contribution in [2.24, 2.45) is 5.92 Å². The summed E-state index contributed by atoms with van der Waals surface area (Å²) in [5.41, 5.74) is -0.0712. The molecule has 1 saturated heterocycles. The van der Waals surface area contributed by atoms with Crippen molar-refractivity contribution in [2.45, 2.75) is 32.9 Å². The minimum absolute atomic E-state index is 0.0712. The molecule has 10 heavy (non-hydrogen) atoms. The van der Waals surface area contributed by atoms with Gasteiger partial charge in [0.2, 0.25) is 0 Å². The highest BCUT2D eigenvalue weighted by Crippen LogP contribution is 2.20. The number of nitrogens with one attached hydrogen (secondary N) is 1. The van der Waals surface area contributed by atoms with Crippen molar-refractivity contribution >= 4 is 0 Å². The van der Waals surface area contributed by atoms with Gasteiger partial charge in [-0.2, -0.15) is 0 Å². The molecule has 2 heteroatoms. The maximum atomic E-state index is 5.62. The Labute approximate surface area is 63.0 Å². The first-order chi connectivity index (χ1) is 4.65. The second-order valence-electron chi connectivity index (χ2n) is 3.39. The molecule has 2 nitrogen and oxygen atoms in total. The molecule has 1 fully saturated rings. The molecule has 0 radical (unpaired) electrons. The van der Waals surface area contributed by atoms with E-state index >= 15 is 0 Å². The van der Waals surface area contributed by atoms with Gasteiger partial charge in [0, 0.05) is 0 Å². The largest absolute Gasteiger partial charge is 0.361 e. The summed E-state index contributed by atoms with van der Waals surface area (Å²) in [6, 6.07) is 0. The van der Waals surface area contributed by atoms with Crippen molar-refractivity contribution in [1.82, 2.24) is 5.32 Å².